The highest BCUT2D eigenvalue weighted by molar-refractivity contribution is 6.01. The Balaban J connectivity index is 3.23. The summed E-state index contributed by atoms with van der Waals surface area (Å²) in [5, 5.41) is 10.7. The standard InChI is InChI=1S/C13H14FNO4/c1-8(16)13(9(2)17)12(7-15(18)19)10-4-3-5-11(14)6-10/h3-6,12-13H,7H2,1-2H3/t12-/m1/s1. The van der Waals surface area contributed by atoms with Crippen LogP contribution in [0.25, 0.3) is 0 Å². The van der Waals surface area contributed by atoms with Crippen molar-refractivity contribution in [2.75, 3.05) is 6.54 Å². The van der Waals surface area contributed by atoms with Crippen LogP contribution in [-0.2, 0) is 9.59 Å². The topological polar surface area (TPSA) is 77.3 Å². The molecule has 1 atom stereocenters. The van der Waals surface area contributed by atoms with Gasteiger partial charge in [0.1, 0.15) is 17.4 Å². The van der Waals surface area contributed by atoms with E-state index in [1.807, 2.05) is 0 Å². The van der Waals surface area contributed by atoms with Crippen molar-refractivity contribution < 1.29 is 18.9 Å². The average Bonchev–Trinajstić information content (AvgIpc) is 2.26. The number of halogens is 1. The molecule has 0 amide bonds. The van der Waals surface area contributed by atoms with Crippen LogP contribution >= 0.6 is 0 Å². The highest BCUT2D eigenvalue weighted by Gasteiger charge is 2.34. The number of carbonyl (C=O) groups excluding carboxylic acids is 2. The third-order valence-corrected chi connectivity index (χ3v) is 2.90. The van der Waals surface area contributed by atoms with Gasteiger partial charge in [0.15, 0.2) is 0 Å². The molecular weight excluding hydrogens is 253 g/mol. The molecule has 1 aromatic carbocycles. The minimum absolute atomic E-state index is 0.284. The molecule has 1 aromatic rings. The molecule has 0 bridgehead atoms. The molecule has 0 radical (unpaired) electrons. The fourth-order valence-electron chi connectivity index (χ4n) is 2.15. The van der Waals surface area contributed by atoms with E-state index in [2.05, 4.69) is 0 Å². The van der Waals surface area contributed by atoms with E-state index in [0.717, 1.165) is 6.07 Å². The lowest BCUT2D eigenvalue weighted by molar-refractivity contribution is -0.484. The number of rotatable bonds is 6. The Morgan fingerprint density at radius 3 is 2.32 bits per heavy atom. The van der Waals surface area contributed by atoms with Crippen molar-refractivity contribution in [1.82, 2.24) is 0 Å². The van der Waals surface area contributed by atoms with Gasteiger partial charge < -0.3 is 0 Å². The summed E-state index contributed by atoms with van der Waals surface area (Å²) < 4.78 is 13.2. The Bertz CT molecular complexity index is 501. The normalized spacial score (nSPS) is 12.2. The van der Waals surface area contributed by atoms with Crippen LogP contribution in [0.1, 0.15) is 25.3 Å². The van der Waals surface area contributed by atoms with Crippen LogP contribution in [0, 0.1) is 21.8 Å². The van der Waals surface area contributed by atoms with Crippen molar-refractivity contribution in [3.63, 3.8) is 0 Å². The van der Waals surface area contributed by atoms with Crippen molar-refractivity contribution in [3.8, 4) is 0 Å². The van der Waals surface area contributed by atoms with Crippen LogP contribution in [0.5, 0.6) is 0 Å². The summed E-state index contributed by atoms with van der Waals surface area (Å²) in [6.07, 6.45) is 0. The minimum atomic E-state index is -1.12. The minimum Gasteiger partial charge on any atom is -0.299 e. The summed E-state index contributed by atoms with van der Waals surface area (Å²) in [7, 11) is 0. The Kier molecular flexibility index (Phi) is 4.86. The van der Waals surface area contributed by atoms with Crippen LogP contribution in [0.4, 0.5) is 4.39 Å². The summed E-state index contributed by atoms with van der Waals surface area (Å²) in [5.74, 6) is -3.53. The zero-order valence-corrected chi connectivity index (χ0v) is 10.6. The van der Waals surface area contributed by atoms with Gasteiger partial charge in [-0.3, -0.25) is 19.7 Å². The highest BCUT2D eigenvalue weighted by atomic mass is 19.1. The first kappa shape index (κ1) is 14.9. The first-order chi connectivity index (χ1) is 8.82. The van der Waals surface area contributed by atoms with Crippen molar-refractivity contribution in [3.05, 3.63) is 45.8 Å². The Labute approximate surface area is 109 Å². The summed E-state index contributed by atoms with van der Waals surface area (Å²) >= 11 is 0. The van der Waals surface area contributed by atoms with Gasteiger partial charge in [-0.25, -0.2) is 4.39 Å². The lowest BCUT2D eigenvalue weighted by Crippen LogP contribution is -2.31. The molecule has 6 heteroatoms. The zero-order valence-electron chi connectivity index (χ0n) is 10.6. The van der Waals surface area contributed by atoms with Gasteiger partial charge in [-0.2, -0.15) is 0 Å². The molecule has 102 valence electrons. The number of ketones is 2. The zero-order chi connectivity index (χ0) is 14.6. The molecule has 0 unspecified atom stereocenters. The molecule has 0 N–H and O–H groups in total. The van der Waals surface area contributed by atoms with E-state index < -0.39 is 40.7 Å². The quantitative estimate of drug-likeness (QED) is 0.448. The molecule has 0 aromatic heterocycles. The molecule has 19 heavy (non-hydrogen) atoms. The number of nitro groups is 1. The van der Waals surface area contributed by atoms with E-state index in [-0.39, 0.29) is 5.56 Å². The third kappa shape index (κ3) is 3.94. The van der Waals surface area contributed by atoms with Gasteiger partial charge in [0.2, 0.25) is 6.54 Å². The molecule has 0 heterocycles. The summed E-state index contributed by atoms with van der Waals surface area (Å²) in [4.78, 5) is 33.2. The van der Waals surface area contributed by atoms with Gasteiger partial charge in [0.05, 0.1) is 11.8 Å². The molecule has 0 fully saturated rings. The second-order valence-electron chi connectivity index (χ2n) is 4.38. The molecule has 0 saturated heterocycles. The van der Waals surface area contributed by atoms with Gasteiger partial charge in [-0.05, 0) is 31.5 Å². The summed E-state index contributed by atoms with van der Waals surface area (Å²) in [5.41, 5.74) is 0.284. The van der Waals surface area contributed by atoms with Crippen molar-refractivity contribution >= 4 is 11.6 Å². The number of benzene rings is 1. The highest BCUT2D eigenvalue weighted by Crippen LogP contribution is 2.27. The number of hydrogen-bond donors (Lipinski definition) is 0. The van der Waals surface area contributed by atoms with E-state index in [9.17, 15) is 24.1 Å². The average molecular weight is 267 g/mol. The van der Waals surface area contributed by atoms with E-state index in [1.165, 1.54) is 32.0 Å². The summed E-state index contributed by atoms with van der Waals surface area (Å²) in [6.45, 7) is 1.82. The van der Waals surface area contributed by atoms with Crippen LogP contribution in [0.3, 0.4) is 0 Å². The Morgan fingerprint density at radius 1 is 1.32 bits per heavy atom. The predicted molar refractivity (Wildman–Crippen MR) is 65.9 cm³/mol. The largest absolute Gasteiger partial charge is 0.299 e. The number of nitrogens with zero attached hydrogens (tertiary/aromatic N) is 1. The van der Waals surface area contributed by atoms with E-state index in [0.29, 0.717) is 0 Å². The van der Waals surface area contributed by atoms with Crippen molar-refractivity contribution in [1.29, 1.82) is 0 Å². The SMILES string of the molecule is CC(=O)C(C(C)=O)[C@H](C[N+](=O)[O-])c1cccc(F)c1. The number of hydrogen-bond acceptors (Lipinski definition) is 4. The van der Waals surface area contributed by atoms with Crippen LogP contribution in [0.15, 0.2) is 24.3 Å². The van der Waals surface area contributed by atoms with Gasteiger partial charge >= 0.3 is 0 Å². The van der Waals surface area contributed by atoms with Gasteiger partial charge in [0.25, 0.3) is 0 Å². The van der Waals surface area contributed by atoms with Crippen molar-refractivity contribution in [2.45, 2.75) is 19.8 Å². The van der Waals surface area contributed by atoms with E-state index in [4.69, 9.17) is 0 Å². The van der Waals surface area contributed by atoms with Gasteiger partial charge in [0, 0.05) is 4.92 Å². The number of Topliss-reactive ketones (excluding diaryl/α,β-unsaturated/α-hetero) is 2. The predicted octanol–water partition coefficient (Wildman–Crippen LogP) is 1.98. The Hall–Kier alpha value is -2.11. The molecule has 0 aliphatic rings. The van der Waals surface area contributed by atoms with Crippen LogP contribution in [0.2, 0.25) is 0 Å². The maximum atomic E-state index is 13.2. The fraction of sp³-hybridized carbons (Fsp3) is 0.385. The maximum Gasteiger partial charge on any atom is 0.211 e. The molecule has 5 nitrogen and oxygen atoms in total. The summed E-state index contributed by atoms with van der Waals surface area (Å²) in [6, 6.07) is 5.20. The fourth-order valence-corrected chi connectivity index (χ4v) is 2.15. The smallest absolute Gasteiger partial charge is 0.211 e. The second kappa shape index (κ2) is 6.17. The first-order valence-corrected chi connectivity index (χ1v) is 5.71. The monoisotopic (exact) mass is 267 g/mol. The molecule has 1 rings (SSSR count). The second-order valence-corrected chi connectivity index (χ2v) is 4.38. The lowest BCUT2D eigenvalue weighted by Gasteiger charge is -2.20. The lowest BCUT2D eigenvalue weighted by atomic mass is 9.81. The van der Waals surface area contributed by atoms with Crippen LogP contribution in [-0.4, -0.2) is 23.0 Å². The van der Waals surface area contributed by atoms with Gasteiger partial charge in [-0.15, -0.1) is 0 Å². The van der Waals surface area contributed by atoms with E-state index >= 15 is 0 Å². The molecule has 0 saturated carbocycles. The first-order valence-electron chi connectivity index (χ1n) is 5.71. The van der Waals surface area contributed by atoms with E-state index in [1.54, 1.807) is 0 Å². The number of carbonyl (C=O) groups is 2. The molecule has 0 spiro atoms. The van der Waals surface area contributed by atoms with Crippen LogP contribution < -0.4 is 0 Å². The Morgan fingerprint density at radius 2 is 1.89 bits per heavy atom. The van der Waals surface area contributed by atoms with Crippen molar-refractivity contribution in [2.24, 2.45) is 5.92 Å². The molecule has 0 aliphatic carbocycles. The molecule has 0 aliphatic heterocycles. The maximum absolute atomic E-state index is 13.2. The third-order valence-electron chi connectivity index (χ3n) is 2.90. The molecular formula is C13H14FNO4. The van der Waals surface area contributed by atoms with Gasteiger partial charge in [-0.1, -0.05) is 12.1 Å².